The van der Waals surface area contributed by atoms with E-state index in [1.54, 1.807) is 42.7 Å². The van der Waals surface area contributed by atoms with Gasteiger partial charge in [0.25, 0.3) is 0 Å². The number of aromatic nitrogens is 1. The van der Waals surface area contributed by atoms with E-state index >= 15 is 0 Å². The summed E-state index contributed by atoms with van der Waals surface area (Å²) in [4.78, 5) is 26.3. The molecule has 6 heteroatoms. The molecule has 2 rings (SSSR count). The number of hydrogen-bond acceptors (Lipinski definition) is 3. The Balaban J connectivity index is 1.94. The van der Waals surface area contributed by atoms with Crippen LogP contribution >= 0.6 is 0 Å². The molecule has 0 aliphatic rings. The van der Waals surface area contributed by atoms with Crippen LogP contribution in [0.3, 0.4) is 0 Å². The Morgan fingerprint density at radius 3 is 2.57 bits per heavy atom. The van der Waals surface area contributed by atoms with Gasteiger partial charge in [-0.25, -0.2) is 4.79 Å². The number of urea groups is 1. The minimum absolute atomic E-state index is 0.0608. The molecule has 0 spiro atoms. The number of carbonyl (C=O) groups excluding carboxylic acids is 1. The van der Waals surface area contributed by atoms with E-state index in [1.165, 1.54) is 0 Å². The fourth-order valence-corrected chi connectivity index (χ4v) is 1.79. The van der Waals surface area contributed by atoms with Crippen LogP contribution in [-0.2, 0) is 11.2 Å². The van der Waals surface area contributed by atoms with Crippen molar-refractivity contribution in [1.82, 2.24) is 4.98 Å². The third-order valence-electron chi connectivity index (χ3n) is 2.73. The lowest BCUT2D eigenvalue weighted by atomic mass is 10.1. The Labute approximate surface area is 121 Å². The van der Waals surface area contributed by atoms with Gasteiger partial charge in [-0.2, -0.15) is 0 Å². The number of amides is 2. The van der Waals surface area contributed by atoms with Gasteiger partial charge in [0.1, 0.15) is 0 Å². The Bertz CT molecular complexity index is 629. The van der Waals surface area contributed by atoms with Gasteiger partial charge in [0.15, 0.2) is 0 Å². The van der Waals surface area contributed by atoms with Crippen LogP contribution in [0.1, 0.15) is 12.0 Å². The van der Waals surface area contributed by atoms with Gasteiger partial charge >= 0.3 is 12.0 Å². The molecule has 0 radical (unpaired) electrons. The first kappa shape index (κ1) is 14.5. The summed E-state index contributed by atoms with van der Waals surface area (Å²) in [6, 6.07) is 10.2. The molecule has 2 aromatic rings. The molecule has 1 aromatic heterocycles. The smallest absolute Gasteiger partial charge is 0.323 e. The van der Waals surface area contributed by atoms with Crippen LogP contribution in [0.25, 0.3) is 0 Å². The second-order valence-corrected chi connectivity index (χ2v) is 4.41. The number of hydrogen-bond donors (Lipinski definition) is 3. The lowest BCUT2D eigenvalue weighted by Gasteiger charge is -2.08. The summed E-state index contributed by atoms with van der Waals surface area (Å²) in [6.45, 7) is 0. The molecule has 0 fully saturated rings. The van der Waals surface area contributed by atoms with Gasteiger partial charge < -0.3 is 15.7 Å². The summed E-state index contributed by atoms with van der Waals surface area (Å²) in [7, 11) is 0. The molecule has 0 saturated heterocycles. The van der Waals surface area contributed by atoms with Gasteiger partial charge in [0, 0.05) is 18.3 Å². The second-order valence-electron chi connectivity index (χ2n) is 4.41. The third kappa shape index (κ3) is 4.94. The van der Waals surface area contributed by atoms with Gasteiger partial charge in [-0.1, -0.05) is 12.1 Å². The number of carboxylic acid groups (broad SMARTS) is 1. The molecule has 6 nitrogen and oxygen atoms in total. The van der Waals surface area contributed by atoms with Crippen molar-refractivity contribution >= 4 is 23.4 Å². The standard InChI is InChI=1S/C15H15N3O3/c19-14(20)7-6-11-3-1-4-12(9-11)17-15(21)18-13-5-2-8-16-10-13/h1-5,8-10H,6-7H2,(H,19,20)(H2,17,18,21). The van der Waals surface area contributed by atoms with Crippen LogP contribution in [0.4, 0.5) is 16.2 Å². The van der Waals surface area contributed by atoms with E-state index in [0.717, 1.165) is 5.56 Å². The number of carboxylic acids is 1. The van der Waals surface area contributed by atoms with Crippen molar-refractivity contribution in [3.63, 3.8) is 0 Å². The molecule has 0 atom stereocenters. The normalized spacial score (nSPS) is 9.90. The van der Waals surface area contributed by atoms with E-state index < -0.39 is 5.97 Å². The van der Waals surface area contributed by atoms with E-state index in [-0.39, 0.29) is 12.5 Å². The van der Waals surface area contributed by atoms with Crippen molar-refractivity contribution in [2.45, 2.75) is 12.8 Å². The largest absolute Gasteiger partial charge is 0.481 e. The van der Waals surface area contributed by atoms with Crippen molar-refractivity contribution < 1.29 is 14.7 Å². The average molecular weight is 285 g/mol. The van der Waals surface area contributed by atoms with Crippen LogP contribution in [-0.4, -0.2) is 22.1 Å². The lowest BCUT2D eigenvalue weighted by Crippen LogP contribution is -2.19. The average Bonchev–Trinajstić information content (AvgIpc) is 2.46. The molecule has 0 bridgehead atoms. The molecule has 2 amide bonds. The predicted molar refractivity (Wildman–Crippen MR) is 79.3 cm³/mol. The zero-order valence-electron chi connectivity index (χ0n) is 11.2. The Kier molecular flexibility index (Phi) is 4.87. The van der Waals surface area contributed by atoms with E-state index in [4.69, 9.17) is 5.11 Å². The van der Waals surface area contributed by atoms with Crippen molar-refractivity contribution in [1.29, 1.82) is 0 Å². The van der Waals surface area contributed by atoms with Gasteiger partial charge in [0.05, 0.1) is 11.9 Å². The molecular weight excluding hydrogens is 270 g/mol. The molecule has 1 heterocycles. The number of rotatable bonds is 5. The van der Waals surface area contributed by atoms with Crippen molar-refractivity contribution in [2.75, 3.05) is 10.6 Å². The second kappa shape index (κ2) is 7.04. The molecule has 3 N–H and O–H groups in total. The minimum Gasteiger partial charge on any atom is -0.481 e. The Morgan fingerprint density at radius 1 is 1.10 bits per heavy atom. The third-order valence-corrected chi connectivity index (χ3v) is 2.73. The maximum Gasteiger partial charge on any atom is 0.323 e. The SMILES string of the molecule is O=C(O)CCc1cccc(NC(=O)Nc2cccnc2)c1. The highest BCUT2D eigenvalue weighted by Crippen LogP contribution is 2.13. The van der Waals surface area contributed by atoms with Crippen LogP contribution in [0.15, 0.2) is 48.8 Å². The van der Waals surface area contributed by atoms with Crippen molar-refractivity contribution in [2.24, 2.45) is 0 Å². The molecule has 0 aliphatic carbocycles. The molecule has 21 heavy (non-hydrogen) atoms. The summed E-state index contributed by atoms with van der Waals surface area (Å²) >= 11 is 0. The number of benzene rings is 1. The number of pyridine rings is 1. The summed E-state index contributed by atoms with van der Waals surface area (Å²) in [5, 5.41) is 14.0. The number of aryl methyl sites for hydroxylation is 1. The highest BCUT2D eigenvalue weighted by molar-refractivity contribution is 5.99. The minimum atomic E-state index is -0.845. The van der Waals surface area contributed by atoms with E-state index in [9.17, 15) is 9.59 Å². The van der Waals surface area contributed by atoms with Crippen LogP contribution < -0.4 is 10.6 Å². The summed E-state index contributed by atoms with van der Waals surface area (Å²) < 4.78 is 0. The van der Waals surface area contributed by atoms with Crippen LogP contribution in [0, 0.1) is 0 Å². The maximum atomic E-state index is 11.8. The number of nitrogens with one attached hydrogen (secondary N) is 2. The molecule has 0 aliphatic heterocycles. The number of anilines is 2. The summed E-state index contributed by atoms with van der Waals surface area (Å²) in [5.41, 5.74) is 2.06. The highest BCUT2D eigenvalue weighted by Gasteiger charge is 2.04. The van der Waals surface area contributed by atoms with E-state index in [2.05, 4.69) is 15.6 Å². The lowest BCUT2D eigenvalue weighted by molar-refractivity contribution is -0.136. The first-order valence-corrected chi connectivity index (χ1v) is 6.42. The van der Waals surface area contributed by atoms with E-state index in [1.807, 2.05) is 6.07 Å². The van der Waals surface area contributed by atoms with Crippen LogP contribution in [0.2, 0.25) is 0 Å². The highest BCUT2D eigenvalue weighted by atomic mass is 16.4. The molecule has 0 saturated carbocycles. The van der Waals surface area contributed by atoms with Gasteiger partial charge in [-0.15, -0.1) is 0 Å². The van der Waals surface area contributed by atoms with Gasteiger partial charge in [-0.3, -0.25) is 9.78 Å². The van der Waals surface area contributed by atoms with Crippen molar-refractivity contribution in [3.05, 3.63) is 54.4 Å². The zero-order valence-corrected chi connectivity index (χ0v) is 11.2. The molecule has 1 aromatic carbocycles. The quantitative estimate of drug-likeness (QED) is 0.787. The molecule has 0 unspecified atom stereocenters. The molecule has 108 valence electrons. The number of carbonyl (C=O) groups is 2. The Morgan fingerprint density at radius 2 is 1.86 bits per heavy atom. The first-order chi connectivity index (χ1) is 10.1. The number of aliphatic carboxylic acids is 1. The summed E-state index contributed by atoms with van der Waals surface area (Å²) in [6.07, 6.45) is 3.65. The number of nitrogens with zero attached hydrogens (tertiary/aromatic N) is 1. The zero-order chi connectivity index (χ0) is 15.1. The maximum absolute atomic E-state index is 11.8. The van der Waals surface area contributed by atoms with Crippen LogP contribution in [0.5, 0.6) is 0 Å². The topological polar surface area (TPSA) is 91.3 Å². The fourth-order valence-electron chi connectivity index (χ4n) is 1.79. The molecular formula is C15H15N3O3. The Hall–Kier alpha value is -2.89. The fraction of sp³-hybridized carbons (Fsp3) is 0.133. The predicted octanol–water partition coefficient (Wildman–Crippen LogP) is 2.74. The van der Waals surface area contributed by atoms with Gasteiger partial charge in [-0.05, 0) is 36.2 Å². The van der Waals surface area contributed by atoms with E-state index in [0.29, 0.717) is 17.8 Å². The van der Waals surface area contributed by atoms with Crippen molar-refractivity contribution in [3.8, 4) is 0 Å². The van der Waals surface area contributed by atoms with Gasteiger partial charge in [0.2, 0.25) is 0 Å². The summed E-state index contributed by atoms with van der Waals surface area (Å²) in [5.74, 6) is -0.845. The monoisotopic (exact) mass is 285 g/mol. The first-order valence-electron chi connectivity index (χ1n) is 6.42.